The van der Waals surface area contributed by atoms with E-state index >= 15 is 0 Å². The molecule has 0 spiro atoms. The highest BCUT2D eigenvalue weighted by Gasteiger charge is 2.46. The first kappa shape index (κ1) is 13.9. The Labute approximate surface area is 123 Å². The molecule has 2 fully saturated rings. The molecule has 0 amide bonds. The number of unbranched alkanes of at least 4 members (excludes halogenated alkanes) is 1. The first-order chi connectivity index (χ1) is 9.77. The zero-order valence-corrected chi connectivity index (χ0v) is 12.9. The Morgan fingerprint density at radius 2 is 2.25 bits per heavy atom. The van der Waals surface area contributed by atoms with Gasteiger partial charge in [-0.1, -0.05) is 25.5 Å². The molecule has 1 heterocycles. The van der Waals surface area contributed by atoms with Gasteiger partial charge in [0.1, 0.15) is 5.75 Å². The summed E-state index contributed by atoms with van der Waals surface area (Å²) in [4.78, 5) is 2.74. The Morgan fingerprint density at radius 1 is 1.35 bits per heavy atom. The summed E-state index contributed by atoms with van der Waals surface area (Å²) in [6, 6.07) is 9.61. The fourth-order valence-corrected chi connectivity index (χ4v) is 4.19. The maximum Gasteiger partial charge on any atom is 0.119 e. The molecular weight excluding hydrogens is 246 g/mol. The van der Waals surface area contributed by atoms with Crippen molar-refractivity contribution in [1.29, 1.82) is 0 Å². The Bertz CT molecular complexity index is 458. The smallest absolute Gasteiger partial charge is 0.119 e. The molecule has 2 unspecified atom stereocenters. The number of piperidine rings is 1. The molecule has 2 heteroatoms. The molecule has 2 aliphatic rings. The summed E-state index contributed by atoms with van der Waals surface area (Å²) in [5.74, 6) is 1.01. The summed E-state index contributed by atoms with van der Waals surface area (Å²) in [7, 11) is 1.77. The number of likely N-dealkylation sites (tertiary alicyclic amines) is 1. The molecule has 2 bridgehead atoms. The van der Waals surface area contributed by atoms with Crippen LogP contribution in [0.1, 0.15) is 51.0 Å². The lowest BCUT2D eigenvalue weighted by molar-refractivity contribution is 0.139. The second-order valence-corrected chi connectivity index (χ2v) is 6.55. The molecule has 1 aliphatic heterocycles. The highest BCUT2D eigenvalue weighted by Crippen LogP contribution is 2.49. The van der Waals surface area contributed by atoms with Gasteiger partial charge in [-0.15, -0.1) is 0 Å². The molecule has 0 N–H and O–H groups in total. The lowest BCUT2D eigenvalue weighted by atomic mass is 9.74. The molecule has 1 saturated carbocycles. The third-order valence-electron chi connectivity index (χ3n) is 5.46. The van der Waals surface area contributed by atoms with E-state index in [-0.39, 0.29) is 0 Å². The molecule has 110 valence electrons. The van der Waals surface area contributed by atoms with Crippen LogP contribution < -0.4 is 4.74 Å². The van der Waals surface area contributed by atoms with Crippen LogP contribution >= 0.6 is 0 Å². The zero-order valence-electron chi connectivity index (χ0n) is 12.9. The molecule has 1 aliphatic carbocycles. The third kappa shape index (κ3) is 2.46. The number of nitrogens with zero attached hydrogens (tertiary/aromatic N) is 1. The van der Waals surface area contributed by atoms with E-state index in [9.17, 15) is 0 Å². The predicted molar refractivity (Wildman–Crippen MR) is 83.4 cm³/mol. The van der Waals surface area contributed by atoms with Crippen LogP contribution in [0, 0.1) is 0 Å². The van der Waals surface area contributed by atoms with Crippen molar-refractivity contribution in [2.24, 2.45) is 0 Å². The van der Waals surface area contributed by atoms with E-state index in [0.717, 1.165) is 11.8 Å². The maximum atomic E-state index is 5.41. The van der Waals surface area contributed by atoms with Crippen molar-refractivity contribution in [3.05, 3.63) is 29.8 Å². The van der Waals surface area contributed by atoms with Crippen molar-refractivity contribution >= 4 is 0 Å². The molecule has 1 saturated heterocycles. The lowest BCUT2D eigenvalue weighted by Gasteiger charge is -2.40. The van der Waals surface area contributed by atoms with E-state index in [1.165, 1.54) is 57.2 Å². The van der Waals surface area contributed by atoms with Gasteiger partial charge in [-0.2, -0.15) is 0 Å². The summed E-state index contributed by atoms with van der Waals surface area (Å²) < 4.78 is 5.41. The van der Waals surface area contributed by atoms with Gasteiger partial charge in [-0.05, 0) is 68.3 Å². The van der Waals surface area contributed by atoms with Gasteiger partial charge >= 0.3 is 0 Å². The monoisotopic (exact) mass is 273 g/mol. The predicted octanol–water partition coefficient (Wildman–Crippen LogP) is 3.99. The Hall–Kier alpha value is -1.02. The van der Waals surface area contributed by atoms with Crippen LogP contribution in [0.5, 0.6) is 5.75 Å². The molecule has 0 radical (unpaired) electrons. The molecule has 2 atom stereocenters. The average molecular weight is 273 g/mol. The number of benzene rings is 1. The molecule has 20 heavy (non-hydrogen) atoms. The third-order valence-corrected chi connectivity index (χ3v) is 5.46. The number of methoxy groups -OCH3 is 1. The van der Waals surface area contributed by atoms with Gasteiger partial charge < -0.3 is 9.64 Å². The van der Waals surface area contributed by atoms with Crippen LogP contribution in [0.15, 0.2) is 24.3 Å². The fourth-order valence-electron chi connectivity index (χ4n) is 4.19. The highest BCUT2D eigenvalue weighted by atomic mass is 16.5. The Morgan fingerprint density at radius 3 is 3.05 bits per heavy atom. The number of hydrogen-bond acceptors (Lipinski definition) is 2. The molecule has 1 aromatic rings. The minimum Gasteiger partial charge on any atom is -0.497 e. The van der Waals surface area contributed by atoms with E-state index in [1.807, 2.05) is 0 Å². The van der Waals surface area contributed by atoms with E-state index in [2.05, 4.69) is 36.1 Å². The largest absolute Gasteiger partial charge is 0.497 e. The van der Waals surface area contributed by atoms with Gasteiger partial charge in [0.25, 0.3) is 0 Å². The van der Waals surface area contributed by atoms with E-state index in [1.54, 1.807) is 7.11 Å². The first-order valence-corrected chi connectivity index (χ1v) is 8.16. The standard InChI is InChI=1S/C18H27NO/c1-3-4-11-19-12-10-18(9-8-16(19)14-18)15-6-5-7-17(13-15)20-2/h5-7,13,16H,3-4,8-12,14H2,1-2H3. The van der Waals surface area contributed by atoms with Gasteiger partial charge in [-0.25, -0.2) is 0 Å². The quantitative estimate of drug-likeness (QED) is 0.804. The number of hydrogen-bond donors (Lipinski definition) is 0. The first-order valence-electron chi connectivity index (χ1n) is 8.16. The van der Waals surface area contributed by atoms with Gasteiger partial charge in [-0.3, -0.25) is 0 Å². The van der Waals surface area contributed by atoms with E-state index in [4.69, 9.17) is 4.74 Å². The number of rotatable bonds is 5. The fraction of sp³-hybridized carbons (Fsp3) is 0.667. The minimum atomic E-state index is 0.432. The van der Waals surface area contributed by atoms with Crippen molar-refractivity contribution in [2.45, 2.75) is 56.9 Å². The molecule has 1 aromatic carbocycles. The average Bonchev–Trinajstić information content (AvgIpc) is 2.86. The van der Waals surface area contributed by atoms with Crippen LogP contribution in [0.2, 0.25) is 0 Å². The van der Waals surface area contributed by atoms with Crippen LogP contribution in [-0.2, 0) is 5.41 Å². The normalized spacial score (nSPS) is 29.6. The Balaban J connectivity index is 1.76. The van der Waals surface area contributed by atoms with Crippen molar-refractivity contribution in [3.63, 3.8) is 0 Å². The zero-order chi connectivity index (χ0) is 14.0. The lowest BCUT2D eigenvalue weighted by Crippen LogP contribution is -2.43. The van der Waals surface area contributed by atoms with E-state index in [0.29, 0.717) is 5.41 Å². The summed E-state index contributed by atoms with van der Waals surface area (Å²) >= 11 is 0. The van der Waals surface area contributed by atoms with Gasteiger partial charge in [0, 0.05) is 6.04 Å². The number of fused-ring (bicyclic) bond motifs is 2. The van der Waals surface area contributed by atoms with Crippen molar-refractivity contribution in [2.75, 3.05) is 20.2 Å². The van der Waals surface area contributed by atoms with Crippen LogP contribution in [-0.4, -0.2) is 31.1 Å². The topological polar surface area (TPSA) is 12.5 Å². The SMILES string of the molecule is CCCCN1CCC2(c3cccc(OC)c3)CCC1C2. The van der Waals surface area contributed by atoms with Gasteiger partial charge in [0.2, 0.25) is 0 Å². The molecule has 0 aromatic heterocycles. The maximum absolute atomic E-state index is 5.41. The Kier molecular flexibility index (Phi) is 4.02. The van der Waals surface area contributed by atoms with Crippen molar-refractivity contribution in [1.82, 2.24) is 4.90 Å². The van der Waals surface area contributed by atoms with Crippen LogP contribution in [0.4, 0.5) is 0 Å². The summed E-state index contributed by atoms with van der Waals surface area (Å²) in [6.45, 7) is 4.87. The van der Waals surface area contributed by atoms with Crippen LogP contribution in [0.25, 0.3) is 0 Å². The summed E-state index contributed by atoms with van der Waals surface area (Å²) in [6.07, 6.45) is 8.06. The second kappa shape index (κ2) is 5.77. The molecule has 2 nitrogen and oxygen atoms in total. The van der Waals surface area contributed by atoms with E-state index < -0.39 is 0 Å². The second-order valence-electron chi connectivity index (χ2n) is 6.55. The number of ether oxygens (including phenoxy) is 1. The van der Waals surface area contributed by atoms with Crippen molar-refractivity contribution < 1.29 is 4.74 Å². The molecular formula is C18H27NO. The molecule has 3 rings (SSSR count). The summed E-state index contributed by atoms with van der Waals surface area (Å²) in [5.41, 5.74) is 1.94. The van der Waals surface area contributed by atoms with Gasteiger partial charge in [0.05, 0.1) is 7.11 Å². The van der Waals surface area contributed by atoms with Crippen LogP contribution in [0.3, 0.4) is 0 Å². The summed E-state index contributed by atoms with van der Waals surface area (Å²) in [5, 5.41) is 0. The van der Waals surface area contributed by atoms with Gasteiger partial charge in [0.15, 0.2) is 0 Å². The van der Waals surface area contributed by atoms with Crippen molar-refractivity contribution in [3.8, 4) is 5.75 Å². The highest BCUT2D eigenvalue weighted by molar-refractivity contribution is 5.35. The minimum absolute atomic E-state index is 0.432.